The number of hydrogen-bond acceptors (Lipinski definition) is 0. The Morgan fingerprint density at radius 3 is 2.00 bits per heavy atom. The van der Waals surface area contributed by atoms with Gasteiger partial charge in [-0.25, -0.2) is 8.78 Å². The van der Waals surface area contributed by atoms with Gasteiger partial charge in [0.25, 0.3) is 0 Å². The van der Waals surface area contributed by atoms with Crippen LogP contribution in [0.4, 0.5) is 22.0 Å². The first-order chi connectivity index (χ1) is 5.82. The van der Waals surface area contributed by atoms with E-state index in [1.165, 1.54) is 0 Å². The van der Waals surface area contributed by atoms with Gasteiger partial charge in [0.2, 0.25) is 0 Å². The van der Waals surface area contributed by atoms with Gasteiger partial charge in [0.15, 0.2) is 0 Å². The normalized spacial score (nSPS) is 11.8. The lowest BCUT2D eigenvalue weighted by Crippen LogP contribution is -2.08. The van der Waals surface area contributed by atoms with Crippen LogP contribution in [0.1, 0.15) is 5.56 Å². The van der Waals surface area contributed by atoms with E-state index >= 15 is 0 Å². The monoisotopic (exact) mass is 260 g/mol. The maximum absolute atomic E-state index is 12.5. The average Bonchev–Trinajstić information content (AvgIpc) is 1.94. The highest BCUT2D eigenvalue weighted by Gasteiger charge is 2.34. The predicted molar refractivity (Wildman–Crippen MR) is 39.1 cm³/mol. The Hall–Kier alpha value is -0.650. The zero-order chi connectivity index (χ0) is 10.2. The summed E-state index contributed by atoms with van der Waals surface area (Å²) in [5, 5.41) is 0. The molecule has 72 valence electrons. The fourth-order valence-corrected chi connectivity index (χ4v) is 1.08. The molecule has 0 aliphatic heterocycles. The van der Waals surface area contributed by atoms with E-state index < -0.39 is 27.8 Å². The SMILES string of the molecule is Fc1cc(F)c(C(F)(F)F)cc1Br. The summed E-state index contributed by atoms with van der Waals surface area (Å²) in [4.78, 5) is 0. The van der Waals surface area contributed by atoms with Crippen LogP contribution in [-0.4, -0.2) is 0 Å². The molecule has 0 aromatic heterocycles. The quantitative estimate of drug-likeness (QED) is 0.493. The fraction of sp³-hybridized carbons (Fsp3) is 0.143. The Morgan fingerprint density at radius 1 is 1.00 bits per heavy atom. The van der Waals surface area contributed by atoms with Crippen molar-refractivity contribution in [3.63, 3.8) is 0 Å². The van der Waals surface area contributed by atoms with Crippen molar-refractivity contribution < 1.29 is 22.0 Å². The van der Waals surface area contributed by atoms with Crippen LogP contribution in [0, 0.1) is 11.6 Å². The average molecular weight is 261 g/mol. The molecule has 0 heterocycles. The molecule has 0 radical (unpaired) electrons. The number of hydrogen-bond donors (Lipinski definition) is 0. The molecule has 0 saturated carbocycles. The molecule has 0 spiro atoms. The molecule has 0 bridgehead atoms. The highest BCUT2D eigenvalue weighted by molar-refractivity contribution is 9.10. The van der Waals surface area contributed by atoms with Crippen molar-refractivity contribution in [2.75, 3.05) is 0 Å². The van der Waals surface area contributed by atoms with Crippen LogP contribution in [-0.2, 0) is 6.18 Å². The van der Waals surface area contributed by atoms with E-state index in [2.05, 4.69) is 15.9 Å². The minimum absolute atomic E-state index is 0.187. The molecule has 0 aliphatic rings. The van der Waals surface area contributed by atoms with Crippen molar-refractivity contribution >= 4 is 15.9 Å². The third-order valence-electron chi connectivity index (χ3n) is 1.32. The summed E-state index contributed by atoms with van der Waals surface area (Å²) < 4.78 is 60.6. The fourth-order valence-electron chi connectivity index (χ4n) is 0.740. The first-order valence-electron chi connectivity index (χ1n) is 3.04. The second-order valence-corrected chi connectivity index (χ2v) is 3.10. The highest BCUT2D eigenvalue weighted by atomic mass is 79.9. The molecule has 0 atom stereocenters. The van der Waals surface area contributed by atoms with E-state index in [4.69, 9.17) is 0 Å². The highest BCUT2D eigenvalue weighted by Crippen LogP contribution is 2.33. The van der Waals surface area contributed by atoms with Crippen LogP contribution in [0.5, 0.6) is 0 Å². The molecule has 0 unspecified atom stereocenters. The Labute approximate surface area is 78.5 Å². The number of alkyl halides is 3. The summed E-state index contributed by atoms with van der Waals surface area (Å²) in [6, 6.07) is 0.553. The molecular weight excluding hydrogens is 259 g/mol. The molecular formula is C7H2BrF5. The lowest BCUT2D eigenvalue weighted by Gasteiger charge is -2.08. The lowest BCUT2D eigenvalue weighted by molar-refractivity contribution is -0.140. The molecule has 13 heavy (non-hydrogen) atoms. The lowest BCUT2D eigenvalue weighted by atomic mass is 10.2. The standard InChI is InChI=1S/C7H2BrF5/c8-4-1-3(7(11,12)13)5(9)2-6(4)10/h1-2H. The first-order valence-corrected chi connectivity index (χ1v) is 3.83. The largest absolute Gasteiger partial charge is 0.419 e. The van der Waals surface area contributed by atoms with Gasteiger partial charge >= 0.3 is 6.18 Å². The zero-order valence-electron chi connectivity index (χ0n) is 5.92. The molecule has 1 aromatic carbocycles. The number of benzene rings is 1. The molecule has 0 amide bonds. The van der Waals surface area contributed by atoms with Gasteiger partial charge in [-0.05, 0) is 22.0 Å². The van der Waals surface area contributed by atoms with Crippen LogP contribution >= 0.6 is 15.9 Å². The van der Waals surface area contributed by atoms with Gasteiger partial charge in [-0.2, -0.15) is 13.2 Å². The van der Waals surface area contributed by atoms with Crippen LogP contribution in [0.25, 0.3) is 0 Å². The molecule has 0 nitrogen and oxygen atoms in total. The number of rotatable bonds is 0. The van der Waals surface area contributed by atoms with E-state index in [0.29, 0.717) is 6.07 Å². The third-order valence-corrected chi connectivity index (χ3v) is 1.92. The Kier molecular flexibility index (Phi) is 2.61. The molecule has 6 heteroatoms. The summed E-state index contributed by atoms with van der Waals surface area (Å²) in [6.45, 7) is 0. The van der Waals surface area contributed by atoms with Crippen molar-refractivity contribution in [3.05, 3.63) is 33.8 Å². The summed E-state index contributed by atoms with van der Waals surface area (Å²) in [5.41, 5.74) is -1.49. The van der Waals surface area contributed by atoms with Crippen molar-refractivity contribution in [1.82, 2.24) is 0 Å². The van der Waals surface area contributed by atoms with E-state index in [1.54, 1.807) is 0 Å². The zero-order valence-corrected chi connectivity index (χ0v) is 7.51. The molecule has 0 N–H and O–H groups in total. The van der Waals surface area contributed by atoms with Crippen molar-refractivity contribution in [1.29, 1.82) is 0 Å². The van der Waals surface area contributed by atoms with Gasteiger partial charge in [0.05, 0.1) is 10.0 Å². The van der Waals surface area contributed by atoms with E-state index in [0.717, 1.165) is 0 Å². The first kappa shape index (κ1) is 10.4. The molecule has 0 fully saturated rings. The smallest absolute Gasteiger partial charge is 0.206 e. The van der Waals surface area contributed by atoms with Crippen molar-refractivity contribution in [2.45, 2.75) is 6.18 Å². The van der Waals surface area contributed by atoms with Crippen molar-refractivity contribution in [3.8, 4) is 0 Å². The minimum atomic E-state index is -4.81. The van der Waals surface area contributed by atoms with Crippen LogP contribution < -0.4 is 0 Å². The van der Waals surface area contributed by atoms with Gasteiger partial charge in [0, 0.05) is 6.07 Å². The summed E-state index contributed by atoms with van der Waals surface area (Å²) >= 11 is 2.53. The second kappa shape index (κ2) is 3.25. The maximum Gasteiger partial charge on any atom is 0.419 e. The molecule has 1 rings (SSSR count). The predicted octanol–water partition coefficient (Wildman–Crippen LogP) is 3.75. The van der Waals surface area contributed by atoms with Gasteiger partial charge in [-0.3, -0.25) is 0 Å². The van der Waals surface area contributed by atoms with E-state index in [1.807, 2.05) is 0 Å². The Morgan fingerprint density at radius 2 is 1.54 bits per heavy atom. The second-order valence-electron chi connectivity index (χ2n) is 2.24. The summed E-state index contributed by atoms with van der Waals surface area (Å²) in [6.07, 6.45) is -4.81. The summed E-state index contributed by atoms with van der Waals surface area (Å²) in [7, 11) is 0. The van der Waals surface area contributed by atoms with E-state index in [-0.39, 0.29) is 6.07 Å². The molecule has 1 aromatic rings. The Bertz CT molecular complexity index is 330. The molecule has 0 aliphatic carbocycles. The summed E-state index contributed by atoms with van der Waals surface area (Å²) in [5.74, 6) is -2.68. The number of halogens is 6. The van der Waals surface area contributed by atoms with Gasteiger partial charge in [0.1, 0.15) is 11.6 Å². The maximum atomic E-state index is 12.5. The van der Waals surface area contributed by atoms with Gasteiger partial charge in [-0.15, -0.1) is 0 Å². The van der Waals surface area contributed by atoms with E-state index in [9.17, 15) is 22.0 Å². The van der Waals surface area contributed by atoms with Crippen molar-refractivity contribution in [2.24, 2.45) is 0 Å². The minimum Gasteiger partial charge on any atom is -0.206 e. The van der Waals surface area contributed by atoms with Gasteiger partial charge < -0.3 is 0 Å². The van der Waals surface area contributed by atoms with Gasteiger partial charge in [-0.1, -0.05) is 0 Å². The third kappa shape index (κ3) is 2.18. The van der Waals surface area contributed by atoms with Crippen LogP contribution in [0.3, 0.4) is 0 Å². The van der Waals surface area contributed by atoms with Crippen LogP contribution in [0.2, 0.25) is 0 Å². The Balaban J connectivity index is 3.32. The topological polar surface area (TPSA) is 0 Å². The van der Waals surface area contributed by atoms with Crippen LogP contribution in [0.15, 0.2) is 16.6 Å². The molecule has 0 saturated heterocycles.